The molecule has 0 spiro atoms. The number of nitrogen functional groups attached to an aromatic ring is 1. The number of imide groups is 1. The molecule has 0 bridgehead atoms. The highest BCUT2D eigenvalue weighted by molar-refractivity contribution is 8.01. The number of nitrogens with two attached hydrogens (primary N) is 1. The minimum absolute atomic E-state index is 0.0332. The number of unbranched alkanes of at least 4 members (excludes halogenated alkanes) is 2. The number of hydrogen-bond acceptors (Lipinski definition) is 8. The molecular formula is C35H48N6O4S. The van der Waals surface area contributed by atoms with Crippen molar-refractivity contribution in [2.75, 3.05) is 24.6 Å². The van der Waals surface area contributed by atoms with E-state index in [2.05, 4.69) is 27.9 Å². The predicted molar refractivity (Wildman–Crippen MR) is 183 cm³/mol. The number of hydrogen-bond donors (Lipinski definition) is 2. The number of pyridine rings is 1. The lowest BCUT2D eigenvalue weighted by Crippen LogP contribution is -2.39. The molecule has 3 amide bonds. The first-order chi connectivity index (χ1) is 22.3. The van der Waals surface area contributed by atoms with Crippen LogP contribution in [0.2, 0.25) is 0 Å². The van der Waals surface area contributed by atoms with E-state index in [1.165, 1.54) is 16.7 Å². The predicted octanol–water partition coefficient (Wildman–Crippen LogP) is 5.44. The van der Waals surface area contributed by atoms with E-state index in [0.29, 0.717) is 25.3 Å². The highest BCUT2D eigenvalue weighted by atomic mass is 32.2. The number of imidazole rings is 1. The number of carbonyl (C=O) groups excluding carboxylic acids is 4. The lowest BCUT2D eigenvalue weighted by Gasteiger charge is -2.30. The molecule has 1 saturated heterocycles. The Hall–Kier alpha value is -3.47. The van der Waals surface area contributed by atoms with E-state index >= 15 is 0 Å². The van der Waals surface area contributed by atoms with Gasteiger partial charge in [-0.15, -0.1) is 11.8 Å². The van der Waals surface area contributed by atoms with Crippen LogP contribution >= 0.6 is 11.8 Å². The number of nitrogens with zero attached hydrogens (tertiary/aromatic N) is 4. The van der Waals surface area contributed by atoms with Crippen LogP contribution in [-0.2, 0) is 32.1 Å². The van der Waals surface area contributed by atoms with Gasteiger partial charge in [-0.05, 0) is 63.4 Å². The first kappa shape index (κ1) is 33.9. The second-order valence-electron chi connectivity index (χ2n) is 12.8. The van der Waals surface area contributed by atoms with Crippen LogP contribution in [0.4, 0.5) is 5.82 Å². The zero-order valence-electron chi connectivity index (χ0n) is 27.3. The molecular weight excluding hydrogens is 600 g/mol. The molecule has 1 aliphatic heterocycles. The molecule has 3 aromatic rings. The van der Waals surface area contributed by atoms with Crippen molar-refractivity contribution in [1.82, 2.24) is 24.8 Å². The first-order valence-electron chi connectivity index (χ1n) is 17.1. The maximum Gasteiger partial charge on any atom is 0.242 e. The largest absolute Gasteiger partial charge is 0.382 e. The molecule has 0 radical (unpaired) electrons. The zero-order chi connectivity index (χ0) is 32.6. The number of aryl methyl sites for hydroxylation is 2. The fourth-order valence-corrected chi connectivity index (χ4v) is 7.87. The van der Waals surface area contributed by atoms with Crippen LogP contribution < -0.4 is 11.1 Å². The Kier molecular flexibility index (Phi) is 11.7. The van der Waals surface area contributed by atoms with Crippen LogP contribution in [0.1, 0.15) is 90.3 Å². The molecule has 2 fully saturated rings. The second kappa shape index (κ2) is 15.9. The average Bonchev–Trinajstić information content (AvgIpc) is 3.55. The lowest BCUT2D eigenvalue weighted by molar-refractivity contribution is -0.139. The van der Waals surface area contributed by atoms with E-state index in [-0.39, 0.29) is 47.5 Å². The number of nitrogens with one attached hydrogen (secondary N) is 1. The molecule has 2 aromatic heterocycles. The number of fused-ring (bicyclic) bond motifs is 3. The van der Waals surface area contributed by atoms with Crippen molar-refractivity contribution < 1.29 is 19.2 Å². The van der Waals surface area contributed by atoms with Gasteiger partial charge < -0.3 is 15.6 Å². The number of benzene rings is 1. The number of Topliss-reactive ketones (excluding diaryl/α,β-unsaturated/α-hetero) is 1. The number of aromatic nitrogens is 3. The number of likely N-dealkylation sites (tertiary alicyclic amines) is 1. The van der Waals surface area contributed by atoms with Crippen molar-refractivity contribution in [2.45, 2.75) is 103 Å². The van der Waals surface area contributed by atoms with Crippen LogP contribution in [0.25, 0.3) is 21.9 Å². The van der Waals surface area contributed by atoms with Gasteiger partial charge in [0.05, 0.1) is 22.0 Å². The van der Waals surface area contributed by atoms with Gasteiger partial charge in [-0.3, -0.25) is 24.1 Å². The van der Waals surface area contributed by atoms with E-state index in [9.17, 15) is 19.2 Å². The maximum absolute atomic E-state index is 13.0. The molecule has 11 heteroatoms. The van der Waals surface area contributed by atoms with Crippen molar-refractivity contribution in [1.29, 1.82) is 0 Å². The van der Waals surface area contributed by atoms with E-state index < -0.39 is 5.25 Å². The highest BCUT2D eigenvalue weighted by Gasteiger charge is 2.40. The summed E-state index contributed by atoms with van der Waals surface area (Å²) in [7, 11) is 0. The molecule has 10 nitrogen and oxygen atoms in total. The van der Waals surface area contributed by atoms with Gasteiger partial charge in [0, 0.05) is 50.2 Å². The Morgan fingerprint density at radius 2 is 1.80 bits per heavy atom. The highest BCUT2D eigenvalue weighted by Crippen LogP contribution is 2.33. The van der Waals surface area contributed by atoms with Crippen molar-refractivity contribution in [3.63, 3.8) is 0 Å². The van der Waals surface area contributed by atoms with Crippen molar-refractivity contribution >= 4 is 63.0 Å². The normalized spacial score (nSPS) is 20.2. The molecule has 5 rings (SSSR count). The Morgan fingerprint density at radius 3 is 2.57 bits per heavy atom. The number of rotatable bonds is 16. The zero-order valence-corrected chi connectivity index (χ0v) is 28.1. The third-order valence-electron chi connectivity index (χ3n) is 9.39. The van der Waals surface area contributed by atoms with E-state index in [1.54, 1.807) is 0 Å². The van der Waals surface area contributed by atoms with E-state index in [1.807, 2.05) is 25.1 Å². The summed E-state index contributed by atoms with van der Waals surface area (Å²) in [6.45, 7) is 5.98. The number of amides is 3. The van der Waals surface area contributed by atoms with Gasteiger partial charge in [0.1, 0.15) is 17.1 Å². The Balaban J connectivity index is 1.07. The molecule has 248 valence electrons. The number of ketones is 1. The molecule has 1 aliphatic carbocycles. The van der Waals surface area contributed by atoms with Crippen LogP contribution in [0.15, 0.2) is 24.3 Å². The minimum Gasteiger partial charge on any atom is -0.382 e. The molecule has 1 unspecified atom stereocenters. The summed E-state index contributed by atoms with van der Waals surface area (Å²) < 4.78 is 2.30. The minimum atomic E-state index is -0.444. The molecule has 46 heavy (non-hydrogen) atoms. The summed E-state index contributed by atoms with van der Waals surface area (Å²) in [6.07, 6.45) is 9.44. The molecule has 1 saturated carbocycles. The lowest BCUT2D eigenvalue weighted by atomic mass is 9.81. The fraction of sp³-hybridized carbons (Fsp3) is 0.600. The van der Waals surface area contributed by atoms with E-state index in [0.717, 1.165) is 98.5 Å². The quantitative estimate of drug-likeness (QED) is 0.155. The third kappa shape index (κ3) is 7.90. The van der Waals surface area contributed by atoms with Gasteiger partial charge in [0.15, 0.2) is 5.82 Å². The van der Waals surface area contributed by atoms with Crippen LogP contribution in [0.5, 0.6) is 0 Å². The van der Waals surface area contributed by atoms with Crippen LogP contribution in [0.3, 0.4) is 0 Å². The summed E-state index contributed by atoms with van der Waals surface area (Å²) >= 11 is 1.30. The summed E-state index contributed by atoms with van der Waals surface area (Å²) in [5.74, 6) is 1.90. The number of anilines is 1. The topological polar surface area (TPSA) is 140 Å². The summed E-state index contributed by atoms with van der Waals surface area (Å²) in [6, 6.07) is 8.05. The molecule has 3 N–H and O–H groups in total. The van der Waals surface area contributed by atoms with Gasteiger partial charge in [-0.25, -0.2) is 9.97 Å². The van der Waals surface area contributed by atoms with Crippen molar-refractivity contribution in [3.05, 3.63) is 30.1 Å². The Labute approximate surface area is 275 Å². The van der Waals surface area contributed by atoms with Gasteiger partial charge in [-0.2, -0.15) is 0 Å². The van der Waals surface area contributed by atoms with Gasteiger partial charge in [0.25, 0.3) is 0 Å². The Bertz CT molecular complexity index is 1560. The number of para-hydroxylation sites is 1. The maximum atomic E-state index is 13.0. The molecule has 1 aromatic carbocycles. The first-order valence-corrected chi connectivity index (χ1v) is 18.1. The van der Waals surface area contributed by atoms with Gasteiger partial charge >= 0.3 is 0 Å². The standard InChI is InChI=1S/C35H48N6O4S/c1-3-5-13-29-39-31-32(26-11-6-7-12-27(26)38-33(31)36)40(29)19-9-8-18-37-34(44)24-16-14-23(15-17-24)21-41-30(43)20-28(35(41)45)46-22-25(42)10-4-2/h6-7,11-12,23-24,28H,3-5,8-10,13-22H2,1-2H3,(H2,36,38)(H,37,44). The number of carbonyl (C=O) groups is 4. The Morgan fingerprint density at radius 1 is 1.02 bits per heavy atom. The monoisotopic (exact) mass is 648 g/mol. The summed E-state index contributed by atoms with van der Waals surface area (Å²) in [4.78, 5) is 61.2. The van der Waals surface area contributed by atoms with Crippen LogP contribution in [-0.4, -0.2) is 67.0 Å². The summed E-state index contributed by atoms with van der Waals surface area (Å²) in [5, 5.41) is 3.77. The SMILES string of the molecule is CCCCc1nc2c(N)nc3ccccc3c2n1CCCCNC(=O)C1CCC(CN2C(=O)CC(SCC(=O)CCC)C2=O)CC1. The average molecular weight is 649 g/mol. The number of thioether (sulfide) groups is 1. The van der Waals surface area contributed by atoms with Gasteiger partial charge in [0.2, 0.25) is 17.7 Å². The van der Waals surface area contributed by atoms with Crippen molar-refractivity contribution in [3.8, 4) is 0 Å². The second-order valence-corrected chi connectivity index (χ2v) is 14.0. The molecule has 3 heterocycles. The van der Waals surface area contributed by atoms with Crippen molar-refractivity contribution in [2.24, 2.45) is 11.8 Å². The fourth-order valence-electron chi connectivity index (χ4n) is 6.81. The molecule has 2 aliphatic rings. The summed E-state index contributed by atoms with van der Waals surface area (Å²) in [5.41, 5.74) is 9.02. The smallest absolute Gasteiger partial charge is 0.242 e. The van der Waals surface area contributed by atoms with E-state index in [4.69, 9.17) is 10.7 Å². The van der Waals surface area contributed by atoms with Gasteiger partial charge in [-0.1, -0.05) is 38.5 Å². The molecule has 1 atom stereocenters. The van der Waals surface area contributed by atoms with Crippen LogP contribution in [0, 0.1) is 11.8 Å². The third-order valence-corrected chi connectivity index (χ3v) is 10.6.